The number of nitrogens with one attached hydrogen (secondary N) is 2. The van der Waals surface area contributed by atoms with Crippen molar-refractivity contribution in [2.45, 2.75) is 6.54 Å². The van der Waals surface area contributed by atoms with Crippen LogP contribution in [0.5, 0.6) is 0 Å². The van der Waals surface area contributed by atoms with Gasteiger partial charge in [-0.3, -0.25) is 0 Å². The summed E-state index contributed by atoms with van der Waals surface area (Å²) < 4.78 is 32.5. The van der Waals surface area contributed by atoms with Crippen LogP contribution in [0, 0.1) is 11.6 Å². The molecule has 2 aromatic heterocycles. The van der Waals surface area contributed by atoms with Gasteiger partial charge in [-0.05, 0) is 24.3 Å². The molecule has 140 valence electrons. The third-order valence-electron chi connectivity index (χ3n) is 3.98. The van der Waals surface area contributed by atoms with Gasteiger partial charge in [-0.15, -0.1) is 0 Å². The fraction of sp³-hybridized carbons (Fsp3) is 0.0476. The van der Waals surface area contributed by atoms with Gasteiger partial charge in [-0.1, -0.05) is 30.3 Å². The van der Waals surface area contributed by atoms with E-state index < -0.39 is 11.6 Å². The molecule has 0 spiro atoms. The summed E-state index contributed by atoms with van der Waals surface area (Å²) >= 11 is 0. The third-order valence-corrected chi connectivity index (χ3v) is 3.98. The van der Waals surface area contributed by atoms with Crippen LogP contribution in [0.25, 0.3) is 11.4 Å². The maximum atomic E-state index is 14.0. The number of aromatic nitrogens is 2. The van der Waals surface area contributed by atoms with Gasteiger partial charge < -0.3 is 15.1 Å². The average molecular weight is 378 g/mol. The van der Waals surface area contributed by atoms with Crippen LogP contribution in [0.4, 0.5) is 26.1 Å². The van der Waals surface area contributed by atoms with Crippen LogP contribution in [-0.2, 0) is 6.54 Å². The van der Waals surface area contributed by atoms with E-state index in [9.17, 15) is 8.78 Å². The highest BCUT2D eigenvalue weighted by Crippen LogP contribution is 2.24. The second kappa shape index (κ2) is 7.87. The fourth-order valence-electron chi connectivity index (χ4n) is 2.64. The number of benzene rings is 2. The molecular weight excluding hydrogens is 362 g/mol. The van der Waals surface area contributed by atoms with Gasteiger partial charge in [0.25, 0.3) is 0 Å². The highest BCUT2D eigenvalue weighted by molar-refractivity contribution is 5.65. The summed E-state index contributed by atoms with van der Waals surface area (Å²) in [5.74, 6) is 0.784. The van der Waals surface area contributed by atoms with Crippen molar-refractivity contribution in [3.63, 3.8) is 0 Å². The minimum Gasteiger partial charge on any atom is -0.467 e. The molecular formula is C21H16F2N4O. The van der Waals surface area contributed by atoms with Gasteiger partial charge in [0.15, 0.2) is 5.82 Å². The minimum atomic E-state index is -0.704. The highest BCUT2D eigenvalue weighted by atomic mass is 19.1. The van der Waals surface area contributed by atoms with E-state index >= 15 is 0 Å². The van der Waals surface area contributed by atoms with Crippen molar-refractivity contribution < 1.29 is 13.2 Å². The summed E-state index contributed by atoms with van der Waals surface area (Å²) in [6, 6.07) is 18.1. The van der Waals surface area contributed by atoms with E-state index in [1.54, 1.807) is 18.4 Å². The van der Waals surface area contributed by atoms with Crippen molar-refractivity contribution in [2.75, 3.05) is 10.6 Å². The van der Waals surface area contributed by atoms with Gasteiger partial charge >= 0.3 is 0 Å². The van der Waals surface area contributed by atoms with E-state index in [1.165, 1.54) is 12.1 Å². The lowest BCUT2D eigenvalue weighted by atomic mass is 10.2. The van der Waals surface area contributed by atoms with Crippen molar-refractivity contribution >= 4 is 17.3 Å². The molecule has 0 saturated carbocycles. The largest absolute Gasteiger partial charge is 0.467 e. The van der Waals surface area contributed by atoms with Crippen molar-refractivity contribution in [1.82, 2.24) is 9.97 Å². The number of hydrogen-bond acceptors (Lipinski definition) is 5. The Bertz CT molecular complexity index is 1070. The Morgan fingerprint density at radius 3 is 2.43 bits per heavy atom. The van der Waals surface area contributed by atoms with Gasteiger partial charge in [0.05, 0.1) is 18.5 Å². The number of rotatable bonds is 6. The average Bonchev–Trinajstić information content (AvgIpc) is 3.23. The van der Waals surface area contributed by atoms with Crippen LogP contribution < -0.4 is 10.6 Å². The number of furan rings is 1. The Hall–Kier alpha value is -3.74. The van der Waals surface area contributed by atoms with E-state index in [4.69, 9.17) is 4.42 Å². The van der Waals surface area contributed by atoms with E-state index in [0.717, 1.165) is 17.4 Å². The zero-order valence-corrected chi connectivity index (χ0v) is 14.7. The number of halogens is 2. The molecule has 0 radical (unpaired) electrons. The van der Waals surface area contributed by atoms with Gasteiger partial charge in [-0.2, -0.15) is 0 Å². The molecule has 0 unspecified atom stereocenters. The molecule has 0 atom stereocenters. The minimum absolute atomic E-state index is 0.121. The summed E-state index contributed by atoms with van der Waals surface area (Å²) in [5.41, 5.74) is 0.933. The fourth-order valence-corrected chi connectivity index (χ4v) is 2.64. The normalized spacial score (nSPS) is 10.6. The van der Waals surface area contributed by atoms with Crippen molar-refractivity contribution in [3.8, 4) is 11.4 Å². The summed E-state index contributed by atoms with van der Waals surface area (Å²) in [6.45, 7) is 0.433. The highest BCUT2D eigenvalue weighted by Gasteiger charge is 2.10. The van der Waals surface area contributed by atoms with Gasteiger partial charge in [0.2, 0.25) is 0 Å². The Labute approximate surface area is 160 Å². The SMILES string of the molecule is Fc1ccc(Nc2cc(NCc3ccco3)nc(-c3ccccc3)n2)c(F)c1. The number of hydrogen-bond donors (Lipinski definition) is 2. The number of anilines is 3. The van der Waals surface area contributed by atoms with E-state index in [1.807, 2.05) is 36.4 Å². The third kappa shape index (κ3) is 4.15. The molecule has 2 N–H and O–H groups in total. The predicted octanol–water partition coefficient (Wildman–Crippen LogP) is 5.37. The van der Waals surface area contributed by atoms with Crippen LogP contribution >= 0.6 is 0 Å². The summed E-state index contributed by atoms with van der Waals surface area (Å²) in [6.07, 6.45) is 1.59. The van der Waals surface area contributed by atoms with Crippen LogP contribution in [0.15, 0.2) is 77.4 Å². The molecule has 2 aromatic carbocycles. The van der Waals surface area contributed by atoms with Crippen LogP contribution in [0.2, 0.25) is 0 Å². The molecule has 0 amide bonds. The molecule has 2 heterocycles. The van der Waals surface area contributed by atoms with Crippen molar-refractivity contribution in [2.24, 2.45) is 0 Å². The first kappa shape index (κ1) is 17.7. The molecule has 4 aromatic rings. The first-order valence-corrected chi connectivity index (χ1v) is 8.60. The zero-order chi connectivity index (χ0) is 19.3. The monoisotopic (exact) mass is 378 g/mol. The maximum absolute atomic E-state index is 14.0. The standard InChI is InChI=1S/C21H16F2N4O/c22-15-8-9-18(17(23)11-15)25-20-12-19(24-13-16-7-4-10-28-16)26-21(27-20)14-5-2-1-3-6-14/h1-12H,13H2,(H2,24,25,26,27). The molecule has 0 fully saturated rings. The van der Waals surface area contributed by atoms with Crippen molar-refractivity contribution in [3.05, 3.63) is 90.4 Å². The summed E-state index contributed by atoms with van der Waals surface area (Å²) in [7, 11) is 0. The molecule has 5 nitrogen and oxygen atoms in total. The molecule has 0 aliphatic rings. The second-order valence-corrected chi connectivity index (χ2v) is 6.01. The maximum Gasteiger partial charge on any atom is 0.163 e. The zero-order valence-electron chi connectivity index (χ0n) is 14.7. The lowest BCUT2D eigenvalue weighted by Gasteiger charge is -2.12. The summed E-state index contributed by atoms with van der Waals surface area (Å²) in [4.78, 5) is 8.99. The van der Waals surface area contributed by atoms with E-state index in [0.29, 0.717) is 24.0 Å². The Balaban J connectivity index is 1.66. The first-order valence-electron chi connectivity index (χ1n) is 8.60. The molecule has 0 aliphatic heterocycles. The summed E-state index contributed by atoms with van der Waals surface area (Å²) in [5, 5.41) is 6.06. The Morgan fingerprint density at radius 1 is 0.857 bits per heavy atom. The lowest BCUT2D eigenvalue weighted by Crippen LogP contribution is -2.05. The Kier molecular flexibility index (Phi) is 4.97. The molecule has 28 heavy (non-hydrogen) atoms. The lowest BCUT2D eigenvalue weighted by molar-refractivity contribution is 0.518. The molecule has 0 aliphatic carbocycles. The van der Waals surface area contributed by atoms with Gasteiger partial charge in [0, 0.05) is 17.7 Å². The van der Waals surface area contributed by atoms with Crippen LogP contribution in [0.1, 0.15) is 5.76 Å². The van der Waals surface area contributed by atoms with E-state index in [2.05, 4.69) is 20.6 Å². The molecule has 0 bridgehead atoms. The Morgan fingerprint density at radius 2 is 1.68 bits per heavy atom. The smallest absolute Gasteiger partial charge is 0.163 e. The first-order chi connectivity index (χ1) is 13.7. The quantitative estimate of drug-likeness (QED) is 0.472. The van der Waals surface area contributed by atoms with Crippen molar-refractivity contribution in [1.29, 1.82) is 0 Å². The van der Waals surface area contributed by atoms with Gasteiger partial charge in [0.1, 0.15) is 29.0 Å². The van der Waals surface area contributed by atoms with Gasteiger partial charge in [-0.25, -0.2) is 18.7 Å². The molecule has 4 rings (SSSR count). The molecule has 0 saturated heterocycles. The topological polar surface area (TPSA) is 63.0 Å². The molecule has 7 heteroatoms. The van der Waals surface area contributed by atoms with E-state index in [-0.39, 0.29) is 5.69 Å². The number of nitrogens with zero attached hydrogens (tertiary/aromatic N) is 2. The predicted molar refractivity (Wildman–Crippen MR) is 103 cm³/mol. The van der Waals surface area contributed by atoms with Crippen LogP contribution in [0.3, 0.4) is 0 Å². The second-order valence-electron chi connectivity index (χ2n) is 6.01. The van der Waals surface area contributed by atoms with Crippen LogP contribution in [-0.4, -0.2) is 9.97 Å².